The molecule has 5 nitrogen and oxygen atoms in total. The van der Waals surface area contributed by atoms with Gasteiger partial charge in [-0.1, -0.05) is 24.3 Å². The van der Waals surface area contributed by atoms with Crippen molar-refractivity contribution in [1.29, 1.82) is 0 Å². The highest BCUT2D eigenvalue weighted by molar-refractivity contribution is 7.92. The lowest BCUT2D eigenvalue weighted by Crippen LogP contribution is -2.26. The fourth-order valence-corrected chi connectivity index (χ4v) is 2.73. The van der Waals surface area contributed by atoms with E-state index in [4.69, 9.17) is 0 Å². The van der Waals surface area contributed by atoms with Gasteiger partial charge in [0.25, 0.3) is 5.91 Å². The molecule has 0 aliphatic heterocycles. The number of sulfonamides is 1. The van der Waals surface area contributed by atoms with Gasteiger partial charge in [-0.3, -0.25) is 9.10 Å². The first kappa shape index (κ1) is 17.0. The van der Waals surface area contributed by atoms with Crippen LogP contribution in [0.2, 0.25) is 0 Å². The highest BCUT2D eigenvalue weighted by atomic mass is 32.2. The molecule has 0 aliphatic rings. The van der Waals surface area contributed by atoms with Crippen LogP contribution in [0.4, 0.5) is 11.4 Å². The molecule has 0 bridgehead atoms. The molecule has 0 saturated carbocycles. The van der Waals surface area contributed by atoms with Crippen molar-refractivity contribution in [3.63, 3.8) is 0 Å². The number of nitrogens with zero attached hydrogens (tertiary/aromatic N) is 1. The molecule has 0 atom stereocenters. The van der Waals surface area contributed by atoms with Gasteiger partial charge in [-0.2, -0.15) is 0 Å². The summed E-state index contributed by atoms with van der Waals surface area (Å²) in [5.74, 6) is -0.276. The fraction of sp³-hybridized carbons (Fsp3) is 0.235. The summed E-state index contributed by atoms with van der Waals surface area (Å²) in [6.45, 7) is 3.72. The van der Waals surface area contributed by atoms with E-state index in [-0.39, 0.29) is 5.91 Å². The van der Waals surface area contributed by atoms with Crippen molar-refractivity contribution in [3.8, 4) is 0 Å². The largest absolute Gasteiger partial charge is 0.322 e. The number of hydrogen-bond donors (Lipinski definition) is 1. The summed E-state index contributed by atoms with van der Waals surface area (Å²) in [5, 5.41) is 2.84. The van der Waals surface area contributed by atoms with Crippen LogP contribution in [0, 0.1) is 13.8 Å². The summed E-state index contributed by atoms with van der Waals surface area (Å²) in [7, 11) is -1.91. The molecular formula is C17H20N2O3S. The fourth-order valence-electron chi connectivity index (χ4n) is 2.18. The number of hydrogen-bond acceptors (Lipinski definition) is 3. The molecule has 0 fully saturated rings. The summed E-state index contributed by atoms with van der Waals surface area (Å²) >= 11 is 0. The molecule has 0 heterocycles. The number of para-hydroxylation sites is 1. The molecule has 122 valence electrons. The Hall–Kier alpha value is -2.34. The van der Waals surface area contributed by atoms with Crippen molar-refractivity contribution in [3.05, 3.63) is 59.2 Å². The molecule has 0 spiro atoms. The van der Waals surface area contributed by atoms with E-state index in [1.54, 1.807) is 25.1 Å². The zero-order chi connectivity index (χ0) is 17.2. The van der Waals surface area contributed by atoms with E-state index in [2.05, 4.69) is 5.32 Å². The minimum absolute atomic E-state index is 0.276. The van der Waals surface area contributed by atoms with Gasteiger partial charge in [-0.25, -0.2) is 8.42 Å². The third-order valence-corrected chi connectivity index (χ3v) is 4.89. The molecule has 2 aromatic rings. The van der Waals surface area contributed by atoms with Gasteiger partial charge in [0.1, 0.15) is 0 Å². The van der Waals surface area contributed by atoms with Crippen LogP contribution < -0.4 is 9.62 Å². The van der Waals surface area contributed by atoms with E-state index in [0.717, 1.165) is 23.1 Å². The van der Waals surface area contributed by atoms with Crippen LogP contribution in [-0.2, 0) is 10.0 Å². The lowest BCUT2D eigenvalue weighted by molar-refractivity contribution is 0.102. The second-order valence-corrected chi connectivity index (χ2v) is 7.51. The molecule has 1 amide bonds. The molecule has 6 heteroatoms. The van der Waals surface area contributed by atoms with Crippen molar-refractivity contribution < 1.29 is 13.2 Å². The van der Waals surface area contributed by atoms with Gasteiger partial charge in [0.15, 0.2) is 0 Å². The lowest BCUT2D eigenvalue weighted by Gasteiger charge is -2.20. The Morgan fingerprint density at radius 2 is 1.70 bits per heavy atom. The highest BCUT2D eigenvalue weighted by Gasteiger charge is 2.17. The Morgan fingerprint density at radius 1 is 1.04 bits per heavy atom. The maximum Gasteiger partial charge on any atom is 0.255 e. The zero-order valence-corrected chi connectivity index (χ0v) is 14.4. The van der Waals surface area contributed by atoms with Gasteiger partial charge in [0.05, 0.1) is 11.9 Å². The molecule has 0 aromatic heterocycles. The van der Waals surface area contributed by atoms with Crippen molar-refractivity contribution >= 4 is 27.3 Å². The first-order valence-electron chi connectivity index (χ1n) is 7.11. The maximum absolute atomic E-state index is 12.4. The Kier molecular flexibility index (Phi) is 4.75. The number of nitrogens with one attached hydrogen (secondary N) is 1. The molecule has 2 aromatic carbocycles. The van der Waals surface area contributed by atoms with Crippen LogP contribution >= 0.6 is 0 Å². The first-order chi connectivity index (χ1) is 10.7. The van der Waals surface area contributed by atoms with Gasteiger partial charge < -0.3 is 5.32 Å². The number of rotatable bonds is 4. The maximum atomic E-state index is 12.4. The molecular weight excluding hydrogens is 312 g/mol. The van der Waals surface area contributed by atoms with Crippen molar-refractivity contribution in [2.45, 2.75) is 13.8 Å². The summed E-state index contributed by atoms with van der Waals surface area (Å²) in [5.41, 5.74) is 3.37. The number of aryl methyl sites for hydroxylation is 2. The van der Waals surface area contributed by atoms with Crippen LogP contribution in [-0.4, -0.2) is 27.6 Å². The quantitative estimate of drug-likeness (QED) is 0.936. The average Bonchev–Trinajstić information content (AvgIpc) is 2.48. The van der Waals surface area contributed by atoms with Crippen molar-refractivity contribution in [2.75, 3.05) is 22.9 Å². The predicted octanol–water partition coefficient (Wildman–Crippen LogP) is 2.95. The number of benzene rings is 2. The van der Waals surface area contributed by atoms with Gasteiger partial charge >= 0.3 is 0 Å². The number of anilines is 2. The average molecular weight is 332 g/mol. The van der Waals surface area contributed by atoms with Crippen molar-refractivity contribution in [1.82, 2.24) is 0 Å². The molecule has 23 heavy (non-hydrogen) atoms. The normalized spacial score (nSPS) is 11.1. The van der Waals surface area contributed by atoms with Crippen molar-refractivity contribution in [2.24, 2.45) is 0 Å². The summed E-state index contributed by atoms with van der Waals surface area (Å²) in [6, 6.07) is 12.5. The number of carbonyl (C=O) groups excluding carboxylic acids is 1. The molecule has 2 rings (SSSR count). The van der Waals surface area contributed by atoms with E-state index < -0.39 is 10.0 Å². The van der Waals surface area contributed by atoms with E-state index in [9.17, 15) is 13.2 Å². The Labute approximate surface area is 137 Å². The summed E-state index contributed by atoms with van der Waals surface area (Å²) < 4.78 is 24.6. The van der Waals surface area contributed by atoms with Crippen LogP contribution in [0.3, 0.4) is 0 Å². The third-order valence-electron chi connectivity index (χ3n) is 3.70. The predicted molar refractivity (Wildman–Crippen MR) is 93.6 cm³/mol. The van der Waals surface area contributed by atoms with Gasteiger partial charge in [0.2, 0.25) is 10.0 Å². The summed E-state index contributed by atoms with van der Waals surface area (Å²) in [4.78, 5) is 12.4. The van der Waals surface area contributed by atoms with Crippen LogP contribution in [0.5, 0.6) is 0 Å². The monoisotopic (exact) mass is 332 g/mol. The Balaban J connectivity index is 2.34. The number of carbonyl (C=O) groups is 1. The van der Waals surface area contributed by atoms with E-state index in [0.29, 0.717) is 11.3 Å². The van der Waals surface area contributed by atoms with E-state index in [1.165, 1.54) is 11.4 Å². The van der Waals surface area contributed by atoms with Crippen LogP contribution in [0.15, 0.2) is 42.5 Å². The van der Waals surface area contributed by atoms with E-state index in [1.807, 2.05) is 31.2 Å². The summed E-state index contributed by atoms with van der Waals surface area (Å²) in [6.07, 6.45) is 1.13. The molecule has 1 N–H and O–H groups in total. The molecule has 0 radical (unpaired) electrons. The molecule has 0 unspecified atom stereocenters. The Morgan fingerprint density at radius 3 is 2.30 bits per heavy atom. The Bertz CT molecular complexity index is 845. The van der Waals surface area contributed by atoms with Crippen LogP contribution in [0.1, 0.15) is 21.5 Å². The standard InChI is InChI=1S/C17H20N2O3S/c1-12-7-5-6-8-15(12)18-17(20)14-10-9-13(2)16(11-14)19(3)23(4,21)22/h5-11H,1-4H3,(H,18,20). The van der Waals surface area contributed by atoms with Crippen LogP contribution in [0.25, 0.3) is 0 Å². The topological polar surface area (TPSA) is 66.5 Å². The lowest BCUT2D eigenvalue weighted by atomic mass is 10.1. The van der Waals surface area contributed by atoms with Gasteiger partial charge in [-0.05, 0) is 43.2 Å². The SMILES string of the molecule is Cc1ccccc1NC(=O)c1ccc(C)c(N(C)S(C)(=O)=O)c1. The minimum atomic E-state index is -3.38. The molecule has 0 saturated heterocycles. The first-order valence-corrected chi connectivity index (χ1v) is 8.96. The molecule has 0 aliphatic carbocycles. The van der Waals surface area contributed by atoms with E-state index >= 15 is 0 Å². The second-order valence-electron chi connectivity index (χ2n) is 5.50. The number of amides is 1. The highest BCUT2D eigenvalue weighted by Crippen LogP contribution is 2.23. The minimum Gasteiger partial charge on any atom is -0.322 e. The smallest absolute Gasteiger partial charge is 0.255 e. The zero-order valence-electron chi connectivity index (χ0n) is 13.6. The van der Waals surface area contributed by atoms with Gasteiger partial charge in [0, 0.05) is 18.3 Å². The van der Waals surface area contributed by atoms with Gasteiger partial charge in [-0.15, -0.1) is 0 Å². The second kappa shape index (κ2) is 6.42. The third kappa shape index (κ3) is 3.90.